The molecule has 1 aromatic heterocycles. The van der Waals surface area contributed by atoms with E-state index in [9.17, 15) is 4.79 Å². The van der Waals surface area contributed by atoms with Crippen LogP contribution in [-0.2, 0) is 11.3 Å². The lowest BCUT2D eigenvalue weighted by molar-refractivity contribution is 0.0342. The molecule has 1 aliphatic heterocycles. The van der Waals surface area contributed by atoms with Crippen molar-refractivity contribution in [2.45, 2.75) is 13.5 Å². The Bertz CT molecular complexity index is 981. The molecule has 1 amide bonds. The van der Waals surface area contributed by atoms with Gasteiger partial charge in [-0.15, -0.1) is 11.3 Å². The number of anilines is 1. The zero-order chi connectivity index (χ0) is 20.8. The Morgan fingerprint density at radius 2 is 1.90 bits per heavy atom. The second kappa shape index (κ2) is 9.89. The summed E-state index contributed by atoms with van der Waals surface area (Å²) in [6.45, 7) is 6.72. The van der Waals surface area contributed by atoms with Crippen molar-refractivity contribution in [2.75, 3.05) is 38.2 Å². The largest absolute Gasteiger partial charge is 0.492 e. The molecule has 6 heteroatoms. The van der Waals surface area contributed by atoms with Crippen molar-refractivity contribution < 1.29 is 14.3 Å². The second-order valence-corrected chi connectivity index (χ2v) is 8.20. The minimum Gasteiger partial charge on any atom is -0.492 e. The number of rotatable bonds is 7. The van der Waals surface area contributed by atoms with E-state index in [2.05, 4.69) is 16.3 Å². The van der Waals surface area contributed by atoms with Gasteiger partial charge in [-0.05, 0) is 36.2 Å². The molecule has 1 fully saturated rings. The van der Waals surface area contributed by atoms with E-state index in [-0.39, 0.29) is 5.91 Å². The van der Waals surface area contributed by atoms with Gasteiger partial charge in [-0.3, -0.25) is 9.69 Å². The SMILES string of the molecule is CCOc1cc(-c2ccccc2)sc1C(=O)Nc1cccc(CN2CCOCC2)c1. The molecular formula is C24H26N2O3S. The van der Waals surface area contributed by atoms with Gasteiger partial charge in [0, 0.05) is 30.2 Å². The van der Waals surface area contributed by atoms with E-state index in [0.29, 0.717) is 17.2 Å². The molecule has 0 bridgehead atoms. The van der Waals surface area contributed by atoms with E-state index in [1.807, 2.05) is 61.5 Å². The molecule has 0 atom stereocenters. The van der Waals surface area contributed by atoms with Crippen molar-refractivity contribution in [1.29, 1.82) is 0 Å². The van der Waals surface area contributed by atoms with Crippen molar-refractivity contribution in [3.63, 3.8) is 0 Å². The van der Waals surface area contributed by atoms with Gasteiger partial charge in [0.15, 0.2) is 0 Å². The normalized spacial score (nSPS) is 14.4. The summed E-state index contributed by atoms with van der Waals surface area (Å²) in [5, 5.41) is 3.05. The quantitative estimate of drug-likeness (QED) is 0.589. The summed E-state index contributed by atoms with van der Waals surface area (Å²) in [4.78, 5) is 17.0. The van der Waals surface area contributed by atoms with Gasteiger partial charge in [-0.1, -0.05) is 42.5 Å². The van der Waals surface area contributed by atoms with Crippen LogP contribution in [0, 0.1) is 0 Å². The summed E-state index contributed by atoms with van der Waals surface area (Å²) < 4.78 is 11.2. The smallest absolute Gasteiger partial charge is 0.269 e. The van der Waals surface area contributed by atoms with Crippen molar-refractivity contribution in [2.24, 2.45) is 0 Å². The topological polar surface area (TPSA) is 50.8 Å². The molecule has 0 spiro atoms. The third kappa shape index (κ3) is 5.08. The monoisotopic (exact) mass is 422 g/mol. The lowest BCUT2D eigenvalue weighted by Crippen LogP contribution is -2.35. The minimum absolute atomic E-state index is 0.144. The molecule has 4 rings (SSSR count). The zero-order valence-electron chi connectivity index (χ0n) is 17.1. The van der Waals surface area contributed by atoms with E-state index in [1.54, 1.807) is 0 Å². The van der Waals surface area contributed by atoms with Crippen LogP contribution in [0.1, 0.15) is 22.2 Å². The molecule has 30 heavy (non-hydrogen) atoms. The first kappa shape index (κ1) is 20.6. The predicted octanol–water partition coefficient (Wildman–Crippen LogP) is 4.90. The first-order chi connectivity index (χ1) is 14.7. The van der Waals surface area contributed by atoms with Crippen LogP contribution >= 0.6 is 11.3 Å². The average molecular weight is 423 g/mol. The fourth-order valence-corrected chi connectivity index (χ4v) is 4.49. The van der Waals surface area contributed by atoms with Crippen LogP contribution in [0.5, 0.6) is 5.75 Å². The number of amides is 1. The lowest BCUT2D eigenvalue weighted by Gasteiger charge is -2.26. The van der Waals surface area contributed by atoms with Gasteiger partial charge in [0.05, 0.1) is 19.8 Å². The fraction of sp³-hybridized carbons (Fsp3) is 0.292. The van der Waals surface area contributed by atoms with Crippen LogP contribution in [0.4, 0.5) is 5.69 Å². The second-order valence-electron chi connectivity index (χ2n) is 7.15. The molecule has 1 N–H and O–H groups in total. The Balaban J connectivity index is 1.50. The summed E-state index contributed by atoms with van der Waals surface area (Å²) in [6.07, 6.45) is 0. The maximum atomic E-state index is 13.0. The van der Waals surface area contributed by atoms with Crippen molar-refractivity contribution >= 4 is 22.9 Å². The average Bonchev–Trinajstić information content (AvgIpc) is 3.20. The number of hydrogen-bond donors (Lipinski definition) is 1. The standard InChI is InChI=1S/C24H26N2O3S/c1-2-29-21-16-22(19-8-4-3-5-9-19)30-23(21)24(27)25-20-10-6-7-18(15-20)17-26-11-13-28-14-12-26/h3-10,15-16H,2,11-14,17H2,1H3,(H,25,27). The maximum absolute atomic E-state index is 13.0. The van der Waals surface area contributed by atoms with Crippen LogP contribution in [0.15, 0.2) is 60.7 Å². The Labute approximate surface area is 181 Å². The van der Waals surface area contributed by atoms with Gasteiger partial charge >= 0.3 is 0 Å². The molecule has 0 saturated carbocycles. The van der Waals surface area contributed by atoms with E-state index in [0.717, 1.165) is 49.0 Å². The van der Waals surface area contributed by atoms with Crippen molar-refractivity contribution in [3.05, 3.63) is 71.1 Å². The predicted molar refractivity (Wildman–Crippen MR) is 121 cm³/mol. The number of benzene rings is 2. The van der Waals surface area contributed by atoms with Gasteiger partial charge in [0.2, 0.25) is 0 Å². The molecule has 1 saturated heterocycles. The molecular weight excluding hydrogens is 396 g/mol. The van der Waals surface area contributed by atoms with E-state index in [1.165, 1.54) is 16.9 Å². The van der Waals surface area contributed by atoms with Crippen LogP contribution in [0.25, 0.3) is 10.4 Å². The molecule has 1 aliphatic rings. The number of thiophene rings is 1. The Hall–Kier alpha value is -2.67. The maximum Gasteiger partial charge on any atom is 0.269 e. The summed E-state index contributed by atoms with van der Waals surface area (Å²) in [5.41, 5.74) is 3.05. The lowest BCUT2D eigenvalue weighted by atomic mass is 10.1. The molecule has 3 aromatic rings. The Morgan fingerprint density at radius 1 is 1.10 bits per heavy atom. The van der Waals surface area contributed by atoms with Gasteiger partial charge < -0.3 is 14.8 Å². The van der Waals surface area contributed by atoms with E-state index < -0.39 is 0 Å². The molecule has 2 heterocycles. The first-order valence-electron chi connectivity index (χ1n) is 10.3. The number of carbonyl (C=O) groups excluding carboxylic acids is 1. The van der Waals surface area contributed by atoms with Crippen LogP contribution in [0.2, 0.25) is 0 Å². The van der Waals surface area contributed by atoms with Gasteiger partial charge in [0.25, 0.3) is 5.91 Å². The molecule has 156 valence electrons. The van der Waals surface area contributed by atoms with E-state index in [4.69, 9.17) is 9.47 Å². The number of nitrogens with zero attached hydrogens (tertiary/aromatic N) is 1. The highest BCUT2D eigenvalue weighted by Gasteiger charge is 2.19. The molecule has 0 aliphatic carbocycles. The van der Waals surface area contributed by atoms with Gasteiger partial charge in [-0.25, -0.2) is 0 Å². The van der Waals surface area contributed by atoms with Crippen LogP contribution < -0.4 is 10.1 Å². The molecule has 0 radical (unpaired) electrons. The zero-order valence-corrected chi connectivity index (χ0v) is 17.9. The summed E-state index contributed by atoms with van der Waals surface area (Å²) in [5.74, 6) is 0.484. The number of carbonyl (C=O) groups is 1. The first-order valence-corrected chi connectivity index (χ1v) is 11.1. The third-order valence-corrected chi connectivity index (χ3v) is 6.12. The summed E-state index contributed by atoms with van der Waals surface area (Å²) in [7, 11) is 0. The third-order valence-electron chi connectivity index (χ3n) is 4.96. The minimum atomic E-state index is -0.144. The van der Waals surface area contributed by atoms with Gasteiger partial charge in [0.1, 0.15) is 10.6 Å². The molecule has 0 unspecified atom stereocenters. The number of morpholine rings is 1. The van der Waals surface area contributed by atoms with E-state index >= 15 is 0 Å². The highest BCUT2D eigenvalue weighted by molar-refractivity contribution is 7.17. The highest BCUT2D eigenvalue weighted by atomic mass is 32.1. The van der Waals surface area contributed by atoms with Crippen molar-refractivity contribution in [1.82, 2.24) is 4.90 Å². The number of nitrogens with one attached hydrogen (secondary N) is 1. The van der Waals surface area contributed by atoms with Crippen LogP contribution in [-0.4, -0.2) is 43.7 Å². The number of ether oxygens (including phenoxy) is 2. The molecule has 5 nitrogen and oxygen atoms in total. The Kier molecular flexibility index (Phi) is 6.79. The van der Waals surface area contributed by atoms with Crippen molar-refractivity contribution in [3.8, 4) is 16.2 Å². The Morgan fingerprint density at radius 3 is 2.67 bits per heavy atom. The summed E-state index contributed by atoms with van der Waals surface area (Å²) in [6, 6.07) is 20.0. The number of hydrogen-bond acceptors (Lipinski definition) is 5. The molecule has 2 aromatic carbocycles. The summed E-state index contributed by atoms with van der Waals surface area (Å²) >= 11 is 1.45. The van der Waals surface area contributed by atoms with Gasteiger partial charge in [-0.2, -0.15) is 0 Å². The van der Waals surface area contributed by atoms with Crippen LogP contribution in [0.3, 0.4) is 0 Å². The highest BCUT2D eigenvalue weighted by Crippen LogP contribution is 2.36. The fourth-order valence-electron chi connectivity index (χ4n) is 3.49.